The Morgan fingerprint density at radius 3 is 2.11 bits per heavy atom. The highest BCUT2D eigenvalue weighted by molar-refractivity contribution is 6.65. The molecule has 2 aromatic carbocycles. The van der Waals surface area contributed by atoms with E-state index in [1.54, 1.807) is 24.3 Å². The first-order valence-corrected chi connectivity index (χ1v) is 5.94. The van der Waals surface area contributed by atoms with Gasteiger partial charge in [-0.25, -0.2) is 4.39 Å². The van der Waals surface area contributed by atoms with Gasteiger partial charge in [0.25, 0.3) is 0 Å². The van der Waals surface area contributed by atoms with Gasteiger partial charge in [-0.2, -0.15) is 0 Å². The van der Waals surface area contributed by atoms with Crippen molar-refractivity contribution in [2.24, 2.45) is 5.16 Å². The fraction of sp³-hybridized carbons (Fsp3) is 0.0714. The van der Waals surface area contributed by atoms with Crippen molar-refractivity contribution in [3.63, 3.8) is 0 Å². The zero-order valence-corrected chi connectivity index (χ0v) is 10.6. The number of oxime groups is 1. The quantitative estimate of drug-likeness (QED) is 0.518. The van der Waals surface area contributed by atoms with Crippen LogP contribution in [0, 0.1) is 5.82 Å². The van der Waals surface area contributed by atoms with Gasteiger partial charge >= 0.3 is 0 Å². The zero-order chi connectivity index (χ0) is 13.7. The number of hydrogen-bond donors (Lipinski definition) is 1. The van der Waals surface area contributed by atoms with Crippen molar-refractivity contribution >= 4 is 16.8 Å². The van der Waals surface area contributed by atoms with Crippen molar-refractivity contribution in [2.75, 3.05) is 0 Å². The average Bonchev–Trinajstić information content (AvgIpc) is 2.43. The number of benzene rings is 2. The molecule has 3 nitrogen and oxygen atoms in total. The maximum Gasteiger partial charge on any atom is 0.149 e. The van der Waals surface area contributed by atoms with Crippen LogP contribution in [0.15, 0.2) is 53.7 Å². The molecule has 0 aliphatic rings. The maximum absolute atomic E-state index is 12.7. The Kier molecular flexibility index (Phi) is 4.36. The highest BCUT2D eigenvalue weighted by Gasteiger charge is 2.01. The van der Waals surface area contributed by atoms with E-state index in [4.69, 9.17) is 21.5 Å². The summed E-state index contributed by atoms with van der Waals surface area (Å²) in [5.74, 6) is 0.886. The minimum Gasteiger partial charge on any atom is -0.457 e. The first-order valence-electron chi connectivity index (χ1n) is 5.56. The molecule has 19 heavy (non-hydrogen) atoms. The topological polar surface area (TPSA) is 41.8 Å². The second-order valence-corrected chi connectivity index (χ2v) is 4.29. The van der Waals surface area contributed by atoms with Crippen LogP contribution in [0.3, 0.4) is 0 Å². The van der Waals surface area contributed by atoms with Crippen LogP contribution < -0.4 is 4.74 Å². The highest BCUT2D eigenvalue weighted by atomic mass is 35.5. The van der Waals surface area contributed by atoms with Gasteiger partial charge in [0.1, 0.15) is 22.5 Å². The Hall–Kier alpha value is -2.07. The second kappa shape index (κ2) is 6.20. The maximum atomic E-state index is 12.7. The predicted molar refractivity (Wildman–Crippen MR) is 71.7 cm³/mol. The van der Waals surface area contributed by atoms with E-state index in [0.29, 0.717) is 17.9 Å². The van der Waals surface area contributed by atoms with Crippen molar-refractivity contribution in [3.05, 3.63) is 59.9 Å². The van der Waals surface area contributed by atoms with Gasteiger partial charge in [0.05, 0.1) is 0 Å². The van der Waals surface area contributed by atoms with E-state index in [2.05, 4.69) is 5.16 Å². The molecule has 0 atom stereocenters. The van der Waals surface area contributed by atoms with Crippen LogP contribution in [0.5, 0.6) is 11.5 Å². The Morgan fingerprint density at radius 2 is 1.58 bits per heavy atom. The first kappa shape index (κ1) is 13.4. The molecular formula is C14H11ClFNO2. The average molecular weight is 280 g/mol. The van der Waals surface area contributed by atoms with E-state index < -0.39 is 0 Å². The SMILES string of the molecule is ON=C(Cl)Cc1ccc(Oc2ccc(F)cc2)cc1. The molecule has 0 aliphatic carbocycles. The Bertz CT molecular complexity index is 567. The van der Waals surface area contributed by atoms with Crippen LogP contribution in [0.1, 0.15) is 5.56 Å². The summed E-state index contributed by atoms with van der Waals surface area (Å²) in [6.45, 7) is 0. The summed E-state index contributed by atoms with van der Waals surface area (Å²) in [6.07, 6.45) is 0.356. The first-order chi connectivity index (χ1) is 9.17. The molecule has 0 aromatic heterocycles. The van der Waals surface area contributed by atoms with E-state index in [-0.39, 0.29) is 11.0 Å². The molecule has 0 amide bonds. The van der Waals surface area contributed by atoms with Gasteiger partial charge in [0.2, 0.25) is 0 Å². The molecule has 0 aliphatic heterocycles. The van der Waals surface area contributed by atoms with Gasteiger partial charge in [-0.3, -0.25) is 0 Å². The highest BCUT2D eigenvalue weighted by Crippen LogP contribution is 2.22. The molecule has 0 saturated heterocycles. The van der Waals surface area contributed by atoms with Gasteiger partial charge in [-0.05, 0) is 42.0 Å². The van der Waals surface area contributed by atoms with Gasteiger partial charge < -0.3 is 9.94 Å². The summed E-state index contributed by atoms with van der Waals surface area (Å²) in [5, 5.41) is 11.5. The van der Waals surface area contributed by atoms with Gasteiger partial charge in [0.15, 0.2) is 0 Å². The van der Waals surface area contributed by atoms with E-state index in [1.165, 1.54) is 12.1 Å². The molecule has 0 bridgehead atoms. The molecule has 1 N–H and O–H groups in total. The molecular weight excluding hydrogens is 269 g/mol. The Morgan fingerprint density at radius 1 is 1.05 bits per heavy atom. The summed E-state index contributed by atoms with van der Waals surface area (Å²) in [4.78, 5) is 0. The van der Waals surface area contributed by atoms with Crippen LogP contribution in [-0.2, 0) is 6.42 Å². The third-order valence-corrected chi connectivity index (χ3v) is 2.64. The standard InChI is InChI=1S/C14H11ClFNO2/c15-14(17-18)9-10-1-5-12(6-2-10)19-13-7-3-11(16)4-8-13/h1-8,18H,9H2. The van der Waals surface area contributed by atoms with Crippen LogP contribution in [0.2, 0.25) is 0 Å². The minimum atomic E-state index is -0.305. The normalized spacial score (nSPS) is 11.4. The number of halogens is 2. The summed E-state index contributed by atoms with van der Waals surface area (Å²) in [5.41, 5.74) is 0.897. The number of hydrogen-bond acceptors (Lipinski definition) is 3. The van der Waals surface area contributed by atoms with Crippen LogP contribution in [0.25, 0.3) is 0 Å². The van der Waals surface area contributed by atoms with Crippen LogP contribution in [0.4, 0.5) is 4.39 Å². The molecule has 0 radical (unpaired) electrons. The lowest BCUT2D eigenvalue weighted by molar-refractivity contribution is 0.319. The lowest BCUT2D eigenvalue weighted by Crippen LogP contribution is -1.94. The second-order valence-electron chi connectivity index (χ2n) is 3.85. The Labute approximate surface area is 114 Å². The third kappa shape index (κ3) is 3.96. The summed E-state index contributed by atoms with van der Waals surface area (Å²) < 4.78 is 18.3. The van der Waals surface area contributed by atoms with E-state index in [1.807, 2.05) is 12.1 Å². The van der Waals surface area contributed by atoms with Crippen molar-refractivity contribution in [1.82, 2.24) is 0 Å². The zero-order valence-electron chi connectivity index (χ0n) is 9.88. The molecule has 0 saturated carbocycles. The number of rotatable bonds is 4. The number of ether oxygens (including phenoxy) is 1. The molecule has 5 heteroatoms. The number of nitrogens with zero attached hydrogens (tertiary/aromatic N) is 1. The van der Waals surface area contributed by atoms with Crippen molar-refractivity contribution in [1.29, 1.82) is 0 Å². The van der Waals surface area contributed by atoms with Gasteiger partial charge in [-0.1, -0.05) is 28.9 Å². The molecule has 0 heterocycles. The largest absolute Gasteiger partial charge is 0.457 e. The summed E-state index contributed by atoms with van der Waals surface area (Å²) >= 11 is 5.62. The Balaban J connectivity index is 2.04. The van der Waals surface area contributed by atoms with Crippen molar-refractivity contribution in [3.8, 4) is 11.5 Å². The van der Waals surface area contributed by atoms with Crippen molar-refractivity contribution in [2.45, 2.75) is 6.42 Å². The van der Waals surface area contributed by atoms with Crippen molar-refractivity contribution < 1.29 is 14.3 Å². The van der Waals surface area contributed by atoms with Gasteiger partial charge in [0, 0.05) is 6.42 Å². The smallest absolute Gasteiger partial charge is 0.149 e. The summed E-state index contributed by atoms with van der Waals surface area (Å²) in [6, 6.07) is 12.9. The fourth-order valence-electron chi connectivity index (χ4n) is 1.52. The molecule has 2 rings (SSSR count). The molecule has 0 spiro atoms. The van der Waals surface area contributed by atoms with Crippen LogP contribution in [-0.4, -0.2) is 10.4 Å². The fourth-order valence-corrected chi connectivity index (χ4v) is 1.67. The van der Waals surface area contributed by atoms with E-state index in [0.717, 1.165) is 5.56 Å². The lowest BCUT2D eigenvalue weighted by Gasteiger charge is -2.06. The van der Waals surface area contributed by atoms with E-state index in [9.17, 15) is 4.39 Å². The molecule has 2 aromatic rings. The summed E-state index contributed by atoms with van der Waals surface area (Å²) in [7, 11) is 0. The monoisotopic (exact) mass is 279 g/mol. The predicted octanol–water partition coefficient (Wildman–Crippen LogP) is 4.19. The molecule has 98 valence electrons. The molecule has 0 unspecified atom stereocenters. The molecule has 0 fully saturated rings. The van der Waals surface area contributed by atoms with Gasteiger partial charge in [-0.15, -0.1) is 0 Å². The lowest BCUT2D eigenvalue weighted by atomic mass is 10.1. The van der Waals surface area contributed by atoms with Crippen LogP contribution >= 0.6 is 11.6 Å². The third-order valence-electron chi connectivity index (χ3n) is 2.43. The van der Waals surface area contributed by atoms with E-state index >= 15 is 0 Å². The minimum absolute atomic E-state index is 0.118.